The van der Waals surface area contributed by atoms with Crippen molar-refractivity contribution < 1.29 is 31.9 Å². The predicted octanol–water partition coefficient (Wildman–Crippen LogP) is 0.177. The summed E-state index contributed by atoms with van der Waals surface area (Å²) < 4.78 is 0. The zero-order valence-electron chi connectivity index (χ0n) is 5.78. The molecule has 0 aliphatic carbocycles. The molecule has 4 heteroatoms. The SMILES string of the molecule is [CH2-]c1c(Cl)cccc1Cl.[Cl-].[Zn+2]. The van der Waals surface area contributed by atoms with Crippen LogP contribution >= 0.6 is 23.2 Å². The van der Waals surface area contributed by atoms with Gasteiger partial charge in [-0.2, -0.15) is 35.7 Å². The zero-order chi connectivity index (χ0) is 6.85. The largest absolute Gasteiger partial charge is 2.00 e. The Hall–Kier alpha value is 0.583. The van der Waals surface area contributed by atoms with Crippen molar-refractivity contribution in [1.29, 1.82) is 0 Å². The van der Waals surface area contributed by atoms with Gasteiger partial charge in [-0.25, -0.2) is 0 Å². The van der Waals surface area contributed by atoms with Gasteiger partial charge in [-0.15, -0.1) is 12.1 Å². The molecule has 1 aromatic rings. The molecule has 56 valence electrons. The molecule has 0 saturated carbocycles. The van der Waals surface area contributed by atoms with E-state index < -0.39 is 0 Å². The molecule has 0 heterocycles. The molecule has 0 atom stereocenters. The maximum atomic E-state index is 5.67. The van der Waals surface area contributed by atoms with Crippen molar-refractivity contribution in [3.8, 4) is 0 Å². The third kappa shape index (κ3) is 3.67. The van der Waals surface area contributed by atoms with E-state index in [1.807, 2.05) is 0 Å². The first kappa shape index (κ1) is 14.1. The molecule has 0 saturated heterocycles. The van der Waals surface area contributed by atoms with Crippen molar-refractivity contribution >= 4 is 23.2 Å². The molecule has 0 bridgehead atoms. The van der Waals surface area contributed by atoms with Crippen molar-refractivity contribution in [3.05, 3.63) is 40.7 Å². The summed E-state index contributed by atoms with van der Waals surface area (Å²) in [7, 11) is 0. The summed E-state index contributed by atoms with van der Waals surface area (Å²) in [5.74, 6) is 0. The summed E-state index contributed by atoms with van der Waals surface area (Å²) in [5, 5.41) is 1.23. The molecular weight excluding hydrogens is 256 g/mol. The second kappa shape index (κ2) is 6.14. The monoisotopic (exact) mass is 258 g/mol. The quantitative estimate of drug-likeness (QED) is 0.461. The average molecular weight is 261 g/mol. The molecule has 0 aromatic heterocycles. The van der Waals surface area contributed by atoms with Gasteiger partial charge in [0.25, 0.3) is 0 Å². The molecule has 0 N–H and O–H groups in total. The van der Waals surface area contributed by atoms with E-state index in [4.69, 9.17) is 23.2 Å². The van der Waals surface area contributed by atoms with Gasteiger partial charge in [0.15, 0.2) is 0 Å². The minimum Gasteiger partial charge on any atom is -1.00 e. The van der Waals surface area contributed by atoms with Crippen molar-refractivity contribution in [2.75, 3.05) is 0 Å². The first-order valence-corrected chi connectivity index (χ1v) is 3.23. The van der Waals surface area contributed by atoms with Crippen LogP contribution in [0.2, 0.25) is 10.0 Å². The Morgan fingerprint density at radius 2 is 1.45 bits per heavy atom. The molecular formula is C7H5Cl3Zn. The van der Waals surface area contributed by atoms with Crippen LogP contribution in [0.3, 0.4) is 0 Å². The summed E-state index contributed by atoms with van der Waals surface area (Å²) in [6, 6.07) is 5.31. The van der Waals surface area contributed by atoms with Gasteiger partial charge < -0.3 is 12.4 Å². The molecule has 1 rings (SSSR count). The van der Waals surface area contributed by atoms with Crippen LogP contribution in [0.1, 0.15) is 5.56 Å². The molecule has 0 spiro atoms. The minimum atomic E-state index is 0. The third-order valence-corrected chi connectivity index (χ3v) is 1.77. The second-order valence-corrected chi connectivity index (χ2v) is 2.51. The van der Waals surface area contributed by atoms with Crippen molar-refractivity contribution in [1.82, 2.24) is 0 Å². The van der Waals surface area contributed by atoms with Crippen LogP contribution < -0.4 is 12.4 Å². The second-order valence-electron chi connectivity index (χ2n) is 1.70. The first-order valence-electron chi connectivity index (χ1n) is 2.48. The van der Waals surface area contributed by atoms with Crippen LogP contribution in [-0.2, 0) is 19.5 Å². The van der Waals surface area contributed by atoms with E-state index in [9.17, 15) is 0 Å². The van der Waals surface area contributed by atoms with Crippen LogP contribution in [0.25, 0.3) is 0 Å². The van der Waals surface area contributed by atoms with E-state index in [0.717, 1.165) is 0 Å². The van der Waals surface area contributed by atoms with Gasteiger partial charge in [-0.05, 0) is 0 Å². The summed E-state index contributed by atoms with van der Waals surface area (Å²) >= 11 is 11.3. The summed E-state index contributed by atoms with van der Waals surface area (Å²) in [6.45, 7) is 3.66. The molecule has 0 radical (unpaired) electrons. The number of halogens is 3. The van der Waals surface area contributed by atoms with E-state index in [1.165, 1.54) is 0 Å². The third-order valence-electron chi connectivity index (χ3n) is 1.06. The van der Waals surface area contributed by atoms with E-state index in [-0.39, 0.29) is 31.9 Å². The normalized spacial score (nSPS) is 7.82. The van der Waals surface area contributed by atoms with Gasteiger partial charge in [-0.3, -0.25) is 0 Å². The summed E-state index contributed by atoms with van der Waals surface area (Å²) in [4.78, 5) is 0. The van der Waals surface area contributed by atoms with E-state index >= 15 is 0 Å². The van der Waals surface area contributed by atoms with Gasteiger partial charge in [0.05, 0.1) is 0 Å². The average Bonchev–Trinajstić information content (AvgIpc) is 1.83. The molecule has 0 fully saturated rings. The first-order chi connectivity index (χ1) is 4.22. The molecule has 1 aromatic carbocycles. The van der Waals surface area contributed by atoms with Crippen molar-refractivity contribution in [2.24, 2.45) is 0 Å². The predicted molar refractivity (Wildman–Crippen MR) is 40.9 cm³/mol. The van der Waals surface area contributed by atoms with Gasteiger partial charge in [0.2, 0.25) is 0 Å². The Morgan fingerprint density at radius 3 is 1.73 bits per heavy atom. The van der Waals surface area contributed by atoms with Crippen molar-refractivity contribution in [2.45, 2.75) is 0 Å². The van der Waals surface area contributed by atoms with E-state index in [2.05, 4.69) is 6.92 Å². The number of benzene rings is 1. The number of hydrogen-bond donors (Lipinski definition) is 0. The summed E-state index contributed by atoms with van der Waals surface area (Å²) in [5.41, 5.74) is 0.695. The van der Waals surface area contributed by atoms with E-state index in [1.54, 1.807) is 18.2 Å². The van der Waals surface area contributed by atoms with Gasteiger partial charge >= 0.3 is 19.5 Å². The molecule has 0 aliphatic heterocycles. The van der Waals surface area contributed by atoms with Crippen molar-refractivity contribution in [3.63, 3.8) is 0 Å². The Labute approximate surface area is 95.4 Å². The number of hydrogen-bond acceptors (Lipinski definition) is 0. The van der Waals surface area contributed by atoms with Gasteiger partial charge in [0.1, 0.15) is 0 Å². The maximum absolute atomic E-state index is 5.67. The zero-order valence-corrected chi connectivity index (χ0v) is 11.0. The van der Waals surface area contributed by atoms with Crippen LogP contribution in [-0.4, -0.2) is 0 Å². The van der Waals surface area contributed by atoms with Gasteiger partial charge in [0, 0.05) is 0 Å². The van der Waals surface area contributed by atoms with Crippen LogP contribution in [0.4, 0.5) is 0 Å². The standard InChI is InChI=1S/C7H5Cl2.ClH.Zn/c1-5-6(8)3-2-4-7(5)9;;/h2-4H,1H2;1H;/q-1;;+2/p-1. The molecule has 0 amide bonds. The fraction of sp³-hybridized carbons (Fsp3) is 0. The Morgan fingerprint density at radius 1 is 1.09 bits per heavy atom. The maximum Gasteiger partial charge on any atom is 2.00 e. The van der Waals surface area contributed by atoms with Crippen LogP contribution in [0.15, 0.2) is 18.2 Å². The molecule has 0 aliphatic rings. The molecule has 0 unspecified atom stereocenters. The molecule has 0 nitrogen and oxygen atoms in total. The van der Waals surface area contributed by atoms with Crippen LogP contribution in [0.5, 0.6) is 0 Å². The Bertz CT molecular complexity index is 205. The smallest absolute Gasteiger partial charge is 1.00 e. The minimum absolute atomic E-state index is 0. The fourth-order valence-corrected chi connectivity index (χ4v) is 0.930. The summed E-state index contributed by atoms with van der Waals surface area (Å²) in [6.07, 6.45) is 0. The van der Waals surface area contributed by atoms with E-state index in [0.29, 0.717) is 15.6 Å². The Kier molecular flexibility index (Phi) is 7.88. The topological polar surface area (TPSA) is 0 Å². The van der Waals surface area contributed by atoms with Gasteiger partial charge in [-0.1, -0.05) is 16.1 Å². The Balaban J connectivity index is 0. The molecule has 11 heavy (non-hydrogen) atoms. The fourth-order valence-electron chi connectivity index (χ4n) is 0.532. The van der Waals surface area contributed by atoms with Crippen LogP contribution in [0, 0.1) is 6.92 Å². The number of rotatable bonds is 0.